The Morgan fingerprint density at radius 1 is 1.33 bits per heavy atom. The highest BCUT2D eigenvalue weighted by atomic mass is 19.1. The molecule has 1 heterocycles. The maximum atomic E-state index is 13.3. The fourth-order valence-corrected chi connectivity index (χ4v) is 1.43. The number of fused-ring (bicyclic) bond motifs is 1. The van der Waals surface area contributed by atoms with Gasteiger partial charge >= 0.3 is 0 Å². The topological polar surface area (TPSA) is 56.0 Å². The summed E-state index contributed by atoms with van der Waals surface area (Å²) in [4.78, 5) is 14.1. The van der Waals surface area contributed by atoms with E-state index in [0.717, 1.165) is 12.1 Å². The van der Waals surface area contributed by atoms with Crippen molar-refractivity contribution in [3.05, 3.63) is 45.9 Å². The van der Waals surface area contributed by atoms with E-state index < -0.39 is 10.7 Å². The van der Waals surface area contributed by atoms with Crippen LogP contribution >= 0.6 is 0 Å². The maximum absolute atomic E-state index is 13.3. The summed E-state index contributed by atoms with van der Waals surface area (Å²) in [5.41, 5.74) is 0.546. The number of hydrogen-bond acceptors (Lipinski definition) is 3. The molecule has 1 aromatic heterocycles. The van der Waals surface area contributed by atoms with Crippen LogP contribution in [0.25, 0.3) is 10.9 Å². The molecule has 0 saturated heterocycles. The zero-order chi connectivity index (χ0) is 11.0. The van der Waals surface area contributed by atoms with Gasteiger partial charge in [0.1, 0.15) is 11.3 Å². The van der Waals surface area contributed by atoms with Gasteiger partial charge in [-0.05, 0) is 25.1 Å². The van der Waals surface area contributed by atoms with Gasteiger partial charge in [-0.3, -0.25) is 10.1 Å². The van der Waals surface area contributed by atoms with Crippen molar-refractivity contribution >= 4 is 16.6 Å². The van der Waals surface area contributed by atoms with E-state index in [1.54, 1.807) is 13.0 Å². The number of nitro benzene ring substituents is 1. The number of halogens is 1. The van der Waals surface area contributed by atoms with Crippen molar-refractivity contribution in [1.82, 2.24) is 4.98 Å². The number of nitro groups is 1. The smallest absolute Gasteiger partial charge is 0.258 e. The summed E-state index contributed by atoms with van der Waals surface area (Å²) in [6, 6.07) is 5.34. The molecule has 15 heavy (non-hydrogen) atoms. The van der Waals surface area contributed by atoms with Crippen molar-refractivity contribution in [3.63, 3.8) is 0 Å². The van der Waals surface area contributed by atoms with Crippen LogP contribution in [0.2, 0.25) is 0 Å². The van der Waals surface area contributed by atoms with Crippen LogP contribution in [0.1, 0.15) is 5.69 Å². The van der Waals surface area contributed by atoms with E-state index in [1.807, 2.05) is 0 Å². The third-order valence-electron chi connectivity index (χ3n) is 2.12. The van der Waals surface area contributed by atoms with Gasteiger partial charge in [0.15, 0.2) is 0 Å². The number of benzene rings is 1. The summed E-state index contributed by atoms with van der Waals surface area (Å²) in [5, 5.41) is 10.9. The fraction of sp³-hybridized carbons (Fsp3) is 0.100. The molecule has 0 aliphatic rings. The molecule has 0 bridgehead atoms. The Kier molecular flexibility index (Phi) is 2.07. The van der Waals surface area contributed by atoms with Crippen molar-refractivity contribution in [2.24, 2.45) is 0 Å². The van der Waals surface area contributed by atoms with Crippen LogP contribution in [-0.2, 0) is 0 Å². The minimum absolute atomic E-state index is 0.0456. The minimum atomic E-state index is -0.543. The molecule has 76 valence electrons. The van der Waals surface area contributed by atoms with Crippen molar-refractivity contribution in [2.75, 3.05) is 0 Å². The lowest BCUT2D eigenvalue weighted by Gasteiger charge is -2.00. The molecule has 2 aromatic rings. The molecule has 0 aliphatic carbocycles. The van der Waals surface area contributed by atoms with Gasteiger partial charge < -0.3 is 0 Å². The lowest BCUT2D eigenvalue weighted by atomic mass is 10.1. The van der Waals surface area contributed by atoms with Gasteiger partial charge in [-0.2, -0.15) is 0 Å². The van der Waals surface area contributed by atoms with E-state index in [0.29, 0.717) is 5.69 Å². The van der Waals surface area contributed by atoms with Crippen LogP contribution in [0.3, 0.4) is 0 Å². The predicted molar refractivity (Wildman–Crippen MR) is 53.1 cm³/mol. The summed E-state index contributed by atoms with van der Waals surface area (Å²) in [6.07, 6.45) is 0. The Morgan fingerprint density at radius 3 is 2.73 bits per heavy atom. The van der Waals surface area contributed by atoms with Crippen LogP contribution in [0.5, 0.6) is 0 Å². The Balaban J connectivity index is 2.88. The number of rotatable bonds is 1. The molecule has 0 fully saturated rings. The molecule has 0 N–H and O–H groups in total. The number of hydrogen-bond donors (Lipinski definition) is 0. The fourth-order valence-electron chi connectivity index (χ4n) is 1.43. The molecule has 2 rings (SSSR count). The second-order valence-corrected chi connectivity index (χ2v) is 3.17. The van der Waals surface area contributed by atoms with Gasteiger partial charge in [-0.25, -0.2) is 9.37 Å². The second-order valence-electron chi connectivity index (χ2n) is 3.17. The number of pyridine rings is 1. The van der Waals surface area contributed by atoms with E-state index in [-0.39, 0.29) is 16.6 Å². The normalized spacial score (nSPS) is 10.5. The van der Waals surface area contributed by atoms with Gasteiger partial charge in [-0.15, -0.1) is 0 Å². The molecule has 0 aliphatic heterocycles. The number of nitrogens with zero attached hydrogens (tertiary/aromatic N) is 2. The van der Waals surface area contributed by atoms with Crippen LogP contribution < -0.4 is 0 Å². The quantitative estimate of drug-likeness (QED) is 0.532. The molecule has 0 amide bonds. The van der Waals surface area contributed by atoms with Gasteiger partial charge in [0.25, 0.3) is 5.69 Å². The first-order chi connectivity index (χ1) is 7.09. The maximum Gasteiger partial charge on any atom is 0.278 e. The van der Waals surface area contributed by atoms with E-state index >= 15 is 0 Å². The van der Waals surface area contributed by atoms with Crippen molar-refractivity contribution in [1.29, 1.82) is 0 Å². The van der Waals surface area contributed by atoms with E-state index in [2.05, 4.69) is 4.98 Å². The van der Waals surface area contributed by atoms with E-state index in [4.69, 9.17) is 0 Å². The zero-order valence-electron chi connectivity index (χ0n) is 7.90. The molecule has 5 heteroatoms. The average Bonchev–Trinajstić information content (AvgIpc) is 2.19. The second kappa shape index (κ2) is 3.27. The third-order valence-corrected chi connectivity index (χ3v) is 2.12. The lowest BCUT2D eigenvalue weighted by molar-refractivity contribution is -0.383. The highest BCUT2D eigenvalue weighted by Crippen LogP contribution is 2.26. The Hall–Kier alpha value is -2.04. The first kappa shape index (κ1) is 9.51. The van der Waals surface area contributed by atoms with Crippen molar-refractivity contribution < 1.29 is 9.31 Å². The summed E-state index contributed by atoms with van der Waals surface area (Å²) in [7, 11) is 0. The van der Waals surface area contributed by atoms with Gasteiger partial charge in [0, 0.05) is 11.8 Å². The SMILES string of the molecule is Cc1ccc2c([N+](=O)[O-])ccc(F)c2n1. The monoisotopic (exact) mass is 206 g/mol. The van der Waals surface area contributed by atoms with E-state index in [9.17, 15) is 14.5 Å². The number of aryl methyl sites for hydroxylation is 1. The molecule has 0 radical (unpaired) electrons. The van der Waals surface area contributed by atoms with Gasteiger partial charge in [-0.1, -0.05) is 0 Å². The minimum Gasteiger partial charge on any atom is -0.258 e. The van der Waals surface area contributed by atoms with Crippen molar-refractivity contribution in [2.45, 2.75) is 6.92 Å². The molecule has 1 aromatic carbocycles. The average molecular weight is 206 g/mol. The lowest BCUT2D eigenvalue weighted by Crippen LogP contribution is -1.93. The molecular formula is C10H7FN2O2. The molecule has 4 nitrogen and oxygen atoms in total. The Labute approximate surface area is 84.5 Å². The first-order valence-corrected chi connectivity index (χ1v) is 4.30. The van der Waals surface area contributed by atoms with E-state index in [1.165, 1.54) is 6.07 Å². The molecule has 0 unspecified atom stereocenters. The van der Waals surface area contributed by atoms with Gasteiger partial charge in [0.05, 0.1) is 10.3 Å². The summed E-state index contributed by atoms with van der Waals surface area (Å²) in [5.74, 6) is -0.542. The highest BCUT2D eigenvalue weighted by molar-refractivity contribution is 5.88. The molecule has 0 saturated carbocycles. The standard InChI is InChI=1S/C10H7FN2O2/c1-6-2-3-7-9(13(14)15)5-4-8(11)10(7)12-6/h2-5H,1H3. The van der Waals surface area contributed by atoms with Crippen molar-refractivity contribution in [3.8, 4) is 0 Å². The molecular weight excluding hydrogens is 199 g/mol. The number of aromatic nitrogens is 1. The van der Waals surface area contributed by atoms with Gasteiger partial charge in [0.2, 0.25) is 0 Å². The van der Waals surface area contributed by atoms with Crippen LogP contribution in [0.4, 0.5) is 10.1 Å². The molecule has 0 spiro atoms. The summed E-state index contributed by atoms with van der Waals surface area (Å²) >= 11 is 0. The highest BCUT2D eigenvalue weighted by Gasteiger charge is 2.14. The Bertz CT molecular complexity index is 554. The third kappa shape index (κ3) is 1.52. The summed E-state index contributed by atoms with van der Waals surface area (Å²) in [6.45, 7) is 1.71. The summed E-state index contributed by atoms with van der Waals surface area (Å²) < 4.78 is 13.3. The molecule has 0 atom stereocenters. The first-order valence-electron chi connectivity index (χ1n) is 4.30. The Morgan fingerprint density at radius 2 is 2.07 bits per heavy atom. The zero-order valence-corrected chi connectivity index (χ0v) is 7.90. The van der Waals surface area contributed by atoms with Crippen LogP contribution in [-0.4, -0.2) is 9.91 Å². The number of non-ortho nitro benzene ring substituents is 1. The van der Waals surface area contributed by atoms with Crippen LogP contribution in [0.15, 0.2) is 24.3 Å². The predicted octanol–water partition coefficient (Wildman–Crippen LogP) is 2.59. The van der Waals surface area contributed by atoms with Crippen LogP contribution in [0, 0.1) is 22.9 Å². The largest absolute Gasteiger partial charge is 0.278 e.